The van der Waals surface area contributed by atoms with Gasteiger partial charge in [-0.25, -0.2) is 0 Å². The Labute approximate surface area is 149 Å². The Morgan fingerprint density at radius 3 is 2.28 bits per heavy atom. The number of thioether (sulfide) groups is 4. The van der Waals surface area contributed by atoms with Crippen molar-refractivity contribution in [3.63, 3.8) is 0 Å². The van der Waals surface area contributed by atoms with Crippen LogP contribution in [0.3, 0.4) is 0 Å². The average Bonchev–Trinajstić information content (AvgIpc) is 3.25. The topological polar surface area (TPSA) is 0 Å². The number of rotatable bonds is 8. The van der Waals surface area contributed by atoms with Gasteiger partial charge in [0.05, 0.1) is 0 Å². The normalized spacial score (nSPS) is 38.7. The zero-order chi connectivity index (χ0) is 12.2. The Balaban J connectivity index is 1.33. The zero-order valence-corrected chi connectivity index (χ0v) is 18.3. The minimum atomic E-state index is 0.410. The molecule has 0 N–H and O–H groups in total. The van der Waals surface area contributed by atoms with Crippen LogP contribution in [0.4, 0.5) is 0 Å². The van der Waals surface area contributed by atoms with Gasteiger partial charge in [-0.1, -0.05) is 0 Å². The second-order valence-electron chi connectivity index (χ2n) is 4.94. The van der Waals surface area contributed by atoms with E-state index in [0.29, 0.717) is 41.8 Å². The van der Waals surface area contributed by atoms with E-state index in [9.17, 15) is 0 Å². The average molecular weight is 548 g/mol. The Bertz CT molecular complexity index is 232. The van der Waals surface area contributed by atoms with Crippen molar-refractivity contribution in [2.45, 2.75) is 21.5 Å². The summed E-state index contributed by atoms with van der Waals surface area (Å²) in [5, 5.41) is 2.10. The molecule has 3 rings (SSSR count). The third kappa shape index (κ3) is 6.00. The third-order valence-corrected chi connectivity index (χ3v) is 20.2. The Morgan fingerprint density at radius 1 is 0.944 bits per heavy atom. The molecule has 0 nitrogen and oxygen atoms in total. The van der Waals surface area contributed by atoms with Crippen LogP contribution in [0.2, 0.25) is 11.0 Å². The predicted molar refractivity (Wildman–Crippen MR) is 95.5 cm³/mol. The predicted octanol–water partition coefficient (Wildman–Crippen LogP) is 3.30. The van der Waals surface area contributed by atoms with Crippen LogP contribution in [0, 0.1) is 5.92 Å². The summed E-state index contributed by atoms with van der Waals surface area (Å²) in [6.07, 6.45) is 0. The molecule has 0 aromatic carbocycles. The summed E-state index contributed by atoms with van der Waals surface area (Å²) >= 11 is 9.81. The van der Waals surface area contributed by atoms with Crippen molar-refractivity contribution >= 4 is 88.9 Å². The fourth-order valence-electron chi connectivity index (χ4n) is 1.91. The molecule has 0 aromatic heterocycles. The molecule has 104 valence electrons. The number of hydrogen-bond donors (Lipinski definition) is 0. The minimum absolute atomic E-state index is 0.410. The molecule has 0 spiro atoms. The summed E-state index contributed by atoms with van der Waals surface area (Å²) in [5.41, 5.74) is 0. The van der Waals surface area contributed by atoms with Gasteiger partial charge < -0.3 is 0 Å². The van der Waals surface area contributed by atoms with Crippen molar-refractivity contribution in [3.8, 4) is 0 Å². The summed E-state index contributed by atoms with van der Waals surface area (Å²) in [6.45, 7) is 0. The molecule has 3 aliphatic rings. The summed E-state index contributed by atoms with van der Waals surface area (Å²) in [7, 11) is 0. The van der Waals surface area contributed by atoms with Gasteiger partial charge in [0.15, 0.2) is 0 Å². The van der Waals surface area contributed by atoms with E-state index in [1.165, 1.54) is 38.5 Å². The van der Waals surface area contributed by atoms with Crippen LogP contribution < -0.4 is 0 Å². The van der Waals surface area contributed by atoms with Gasteiger partial charge in [-0.3, -0.25) is 0 Å². The Hall–Kier alpha value is 2.98. The first-order valence-electron chi connectivity index (χ1n) is 6.50. The van der Waals surface area contributed by atoms with Crippen LogP contribution in [0.1, 0.15) is 0 Å². The van der Waals surface area contributed by atoms with Crippen LogP contribution >= 0.6 is 47.0 Å². The van der Waals surface area contributed by atoms with Crippen LogP contribution in [0.15, 0.2) is 0 Å². The molecule has 3 saturated heterocycles. The first kappa shape index (κ1) is 15.9. The Morgan fingerprint density at radius 2 is 1.61 bits per heavy atom. The van der Waals surface area contributed by atoms with E-state index in [4.69, 9.17) is 0 Å². The molecular formula is C12H20S4Te2. The van der Waals surface area contributed by atoms with E-state index in [2.05, 4.69) is 47.0 Å². The SMILES string of the molecule is C1[Te]CC(CSCC2CS2)C(CSCC2CS2)[Te]1. The molecule has 4 unspecified atom stereocenters. The van der Waals surface area contributed by atoms with Crippen LogP contribution in [-0.4, -0.2) is 86.9 Å². The van der Waals surface area contributed by atoms with Crippen molar-refractivity contribution in [3.05, 3.63) is 0 Å². The van der Waals surface area contributed by atoms with Gasteiger partial charge in [0.25, 0.3) is 0 Å². The molecule has 0 aliphatic carbocycles. The van der Waals surface area contributed by atoms with Crippen molar-refractivity contribution in [2.24, 2.45) is 5.92 Å². The first-order valence-corrected chi connectivity index (χ1v) is 17.2. The molecule has 4 atom stereocenters. The fourth-order valence-corrected chi connectivity index (χ4v) is 21.3. The summed E-state index contributed by atoms with van der Waals surface area (Å²) in [6, 6.07) is 0. The monoisotopic (exact) mass is 552 g/mol. The molecule has 3 aliphatic heterocycles. The zero-order valence-electron chi connectivity index (χ0n) is 10.4. The van der Waals surface area contributed by atoms with E-state index >= 15 is 0 Å². The molecule has 18 heavy (non-hydrogen) atoms. The molecule has 0 saturated carbocycles. The molecule has 0 aromatic rings. The summed E-state index contributed by atoms with van der Waals surface area (Å²) in [4.78, 5) is 0. The van der Waals surface area contributed by atoms with Gasteiger partial charge in [0.1, 0.15) is 0 Å². The maximum atomic E-state index is 2.30. The van der Waals surface area contributed by atoms with E-state index in [1.807, 2.05) is 0 Å². The molecular weight excluding hydrogens is 528 g/mol. The second kappa shape index (κ2) is 8.57. The Kier molecular flexibility index (Phi) is 7.55. The summed E-state index contributed by atoms with van der Waals surface area (Å²) in [5.74, 6) is 10.1. The van der Waals surface area contributed by atoms with Crippen LogP contribution in [0.5, 0.6) is 0 Å². The van der Waals surface area contributed by atoms with Gasteiger partial charge >= 0.3 is 151 Å². The van der Waals surface area contributed by atoms with Gasteiger partial charge in [-0.2, -0.15) is 0 Å². The first-order chi connectivity index (χ1) is 8.92. The fraction of sp³-hybridized carbons (Fsp3) is 1.00. The third-order valence-electron chi connectivity index (χ3n) is 3.25. The molecule has 3 heterocycles. The van der Waals surface area contributed by atoms with Crippen molar-refractivity contribution in [2.75, 3.05) is 34.5 Å². The van der Waals surface area contributed by atoms with E-state index in [0.717, 1.165) is 16.4 Å². The van der Waals surface area contributed by atoms with E-state index in [-0.39, 0.29) is 0 Å². The number of hydrogen-bond acceptors (Lipinski definition) is 4. The molecule has 0 radical (unpaired) electrons. The van der Waals surface area contributed by atoms with Crippen LogP contribution in [0.25, 0.3) is 0 Å². The van der Waals surface area contributed by atoms with E-state index < -0.39 is 0 Å². The van der Waals surface area contributed by atoms with Crippen LogP contribution in [-0.2, 0) is 0 Å². The van der Waals surface area contributed by atoms with Crippen molar-refractivity contribution in [1.82, 2.24) is 0 Å². The summed E-state index contributed by atoms with van der Waals surface area (Å²) < 4.78 is 4.66. The van der Waals surface area contributed by atoms with E-state index in [1.54, 1.807) is 6.99 Å². The molecule has 0 bridgehead atoms. The van der Waals surface area contributed by atoms with Gasteiger partial charge in [-0.15, -0.1) is 0 Å². The van der Waals surface area contributed by atoms with Crippen molar-refractivity contribution < 1.29 is 0 Å². The standard InChI is InChI=1S/C12H20S4Te2/c1(13-2-10-4-15-10)9-7-17-8-18-12(9)6-14-3-11-5-16-11/h9-12H,1-8H2. The van der Waals surface area contributed by atoms with Crippen molar-refractivity contribution in [1.29, 1.82) is 0 Å². The quantitative estimate of drug-likeness (QED) is 0.338. The molecule has 3 fully saturated rings. The van der Waals surface area contributed by atoms with Gasteiger partial charge in [0.2, 0.25) is 0 Å². The maximum absolute atomic E-state index is 2.30. The van der Waals surface area contributed by atoms with Gasteiger partial charge in [0, 0.05) is 0 Å². The molecule has 0 amide bonds. The second-order valence-corrected chi connectivity index (χ2v) is 19.7. The molecule has 6 heteroatoms. The van der Waals surface area contributed by atoms with Gasteiger partial charge in [-0.05, 0) is 0 Å².